The van der Waals surface area contributed by atoms with E-state index >= 15 is 0 Å². The van der Waals surface area contributed by atoms with Gasteiger partial charge in [0, 0.05) is 21.6 Å². The van der Waals surface area contributed by atoms with E-state index in [1.165, 1.54) is 11.3 Å². The summed E-state index contributed by atoms with van der Waals surface area (Å²) in [6.07, 6.45) is 1.55. The molecular weight excluding hydrogens is 480 g/mol. The lowest BCUT2D eigenvalue weighted by molar-refractivity contribution is -0.0171. The lowest BCUT2D eigenvalue weighted by atomic mass is 10.0. The number of aromatic nitrogens is 2. The lowest BCUT2D eigenvalue weighted by Gasteiger charge is -2.22. The zero-order valence-electron chi connectivity index (χ0n) is 20.3. The van der Waals surface area contributed by atoms with E-state index in [0.29, 0.717) is 40.3 Å². The number of hydrogen-bond acceptors (Lipinski definition) is 8. The summed E-state index contributed by atoms with van der Waals surface area (Å²) >= 11 is 1.49. The first-order chi connectivity index (χ1) is 17.5. The second-order valence-electron chi connectivity index (χ2n) is 8.30. The van der Waals surface area contributed by atoms with E-state index in [2.05, 4.69) is 4.98 Å². The highest BCUT2D eigenvalue weighted by atomic mass is 32.1. The third kappa shape index (κ3) is 4.47. The molecule has 0 aliphatic carbocycles. The molecule has 1 aliphatic heterocycles. The number of carbonyl (C=O) groups excluding carboxylic acids is 1. The monoisotopic (exact) mass is 506 g/mol. The summed E-state index contributed by atoms with van der Waals surface area (Å²) in [6.45, 7) is 7.16. The van der Waals surface area contributed by atoms with Gasteiger partial charge in [0.05, 0.1) is 43.6 Å². The van der Waals surface area contributed by atoms with E-state index in [4.69, 9.17) is 18.9 Å². The molecule has 8 nitrogen and oxygen atoms in total. The number of thiophene rings is 1. The second kappa shape index (κ2) is 10.1. The van der Waals surface area contributed by atoms with E-state index < -0.39 is 5.97 Å². The van der Waals surface area contributed by atoms with Crippen molar-refractivity contribution in [2.75, 3.05) is 20.0 Å². The van der Waals surface area contributed by atoms with Gasteiger partial charge in [-0.05, 0) is 50.6 Å². The molecule has 0 saturated heterocycles. The second-order valence-corrected chi connectivity index (χ2v) is 9.51. The average molecular weight is 507 g/mol. The summed E-state index contributed by atoms with van der Waals surface area (Å²) in [5, 5.41) is 0.573. The fourth-order valence-corrected chi connectivity index (χ4v) is 5.42. The van der Waals surface area contributed by atoms with Crippen LogP contribution in [0.15, 0.2) is 47.5 Å². The number of hydrogen-bond donors (Lipinski definition) is 0. The van der Waals surface area contributed by atoms with Gasteiger partial charge < -0.3 is 18.9 Å². The molecule has 5 rings (SSSR count). The number of fused-ring (bicyclic) bond motifs is 2. The molecule has 0 fully saturated rings. The number of benzene rings is 2. The molecule has 0 spiro atoms. The van der Waals surface area contributed by atoms with Gasteiger partial charge in [-0.3, -0.25) is 9.36 Å². The SMILES string of the molecule is CCOC(=O)c1cc2c(c(Cn3cnc4sc(C)c(-c5ccc(OCC)cc5)c4c3=O)c1)OCOC2. The zero-order valence-corrected chi connectivity index (χ0v) is 21.1. The first-order valence-corrected chi connectivity index (χ1v) is 12.6. The van der Waals surface area contributed by atoms with E-state index in [1.807, 2.05) is 38.1 Å². The van der Waals surface area contributed by atoms with Crippen LogP contribution in [0.2, 0.25) is 0 Å². The van der Waals surface area contributed by atoms with Crippen LogP contribution in [-0.4, -0.2) is 35.5 Å². The van der Waals surface area contributed by atoms with Gasteiger partial charge in [-0.2, -0.15) is 0 Å². The van der Waals surface area contributed by atoms with Crippen LogP contribution in [-0.2, 0) is 22.6 Å². The van der Waals surface area contributed by atoms with Crippen LogP contribution >= 0.6 is 11.3 Å². The lowest BCUT2D eigenvalue weighted by Crippen LogP contribution is -2.23. The molecule has 0 radical (unpaired) electrons. The van der Waals surface area contributed by atoms with Crippen LogP contribution in [0.1, 0.15) is 40.2 Å². The number of esters is 1. The highest BCUT2D eigenvalue weighted by Gasteiger charge is 2.22. The van der Waals surface area contributed by atoms with Gasteiger partial charge in [-0.15, -0.1) is 11.3 Å². The standard InChI is InChI=1S/C27H26N2O6S/c1-4-33-21-8-6-17(7-9-21)22-16(3)36-25-23(22)26(30)29(14-28-25)12-19-10-18(27(31)34-5-2)11-20-13-32-15-35-24(19)20/h6-11,14H,4-5,12-13,15H2,1-3H3. The zero-order chi connectivity index (χ0) is 25.2. The number of aryl methyl sites for hydroxylation is 1. The Morgan fingerprint density at radius 3 is 2.72 bits per heavy atom. The maximum Gasteiger partial charge on any atom is 0.338 e. The molecule has 0 N–H and O–H groups in total. The third-order valence-corrected chi connectivity index (χ3v) is 6.96. The van der Waals surface area contributed by atoms with Crippen molar-refractivity contribution in [3.63, 3.8) is 0 Å². The molecule has 9 heteroatoms. The smallest absolute Gasteiger partial charge is 0.338 e. The molecule has 1 aliphatic rings. The van der Waals surface area contributed by atoms with Crippen LogP contribution in [0.25, 0.3) is 21.3 Å². The van der Waals surface area contributed by atoms with Gasteiger partial charge in [0.25, 0.3) is 5.56 Å². The summed E-state index contributed by atoms with van der Waals surface area (Å²) in [5.74, 6) is 0.970. The van der Waals surface area contributed by atoms with Gasteiger partial charge in [-0.1, -0.05) is 12.1 Å². The van der Waals surface area contributed by atoms with Gasteiger partial charge in [0.1, 0.15) is 16.3 Å². The maximum absolute atomic E-state index is 13.7. The maximum atomic E-state index is 13.7. The van der Waals surface area contributed by atoms with Crippen LogP contribution < -0.4 is 15.0 Å². The van der Waals surface area contributed by atoms with E-state index in [0.717, 1.165) is 27.3 Å². The molecule has 2 aromatic heterocycles. The third-order valence-electron chi connectivity index (χ3n) is 5.95. The molecule has 2 aromatic carbocycles. The summed E-state index contributed by atoms with van der Waals surface area (Å²) in [4.78, 5) is 32.5. The van der Waals surface area contributed by atoms with E-state index in [1.54, 1.807) is 30.0 Å². The van der Waals surface area contributed by atoms with Crippen molar-refractivity contribution in [1.82, 2.24) is 9.55 Å². The topological polar surface area (TPSA) is 88.9 Å². The minimum Gasteiger partial charge on any atom is -0.494 e. The minimum absolute atomic E-state index is 0.108. The van der Waals surface area contributed by atoms with Crippen molar-refractivity contribution in [2.45, 2.75) is 33.9 Å². The van der Waals surface area contributed by atoms with Gasteiger partial charge in [-0.25, -0.2) is 9.78 Å². The molecule has 0 bridgehead atoms. The molecule has 36 heavy (non-hydrogen) atoms. The van der Waals surface area contributed by atoms with Crippen LogP contribution in [0.5, 0.6) is 11.5 Å². The highest BCUT2D eigenvalue weighted by molar-refractivity contribution is 7.19. The Bertz CT molecular complexity index is 1490. The van der Waals surface area contributed by atoms with Crippen molar-refractivity contribution < 1.29 is 23.7 Å². The first kappa shape index (κ1) is 24.0. The summed E-state index contributed by atoms with van der Waals surface area (Å²) in [6, 6.07) is 11.2. The number of nitrogens with zero attached hydrogens (tertiary/aromatic N) is 2. The van der Waals surface area contributed by atoms with Crippen molar-refractivity contribution in [1.29, 1.82) is 0 Å². The molecule has 3 heterocycles. The average Bonchev–Trinajstić information content (AvgIpc) is 3.23. The van der Waals surface area contributed by atoms with Gasteiger partial charge >= 0.3 is 5.97 Å². The molecule has 0 amide bonds. The summed E-state index contributed by atoms with van der Waals surface area (Å²) in [5.41, 5.74) is 3.47. The fraction of sp³-hybridized carbons (Fsp3) is 0.296. The van der Waals surface area contributed by atoms with Crippen molar-refractivity contribution in [3.05, 3.63) is 74.6 Å². The van der Waals surface area contributed by atoms with E-state index in [9.17, 15) is 9.59 Å². The fourth-order valence-electron chi connectivity index (χ4n) is 4.41. The van der Waals surface area contributed by atoms with Crippen molar-refractivity contribution in [3.8, 4) is 22.6 Å². The number of rotatable bonds is 7. The van der Waals surface area contributed by atoms with Gasteiger partial charge in [0.2, 0.25) is 0 Å². The Labute approximate surface area is 212 Å². The first-order valence-electron chi connectivity index (χ1n) is 11.7. The summed E-state index contributed by atoms with van der Waals surface area (Å²) < 4.78 is 23.5. The normalized spacial score (nSPS) is 12.8. The molecule has 0 saturated carbocycles. The minimum atomic E-state index is -0.431. The molecule has 0 unspecified atom stereocenters. The number of carbonyl (C=O) groups is 1. The highest BCUT2D eigenvalue weighted by Crippen LogP contribution is 2.36. The van der Waals surface area contributed by atoms with Crippen LogP contribution in [0.4, 0.5) is 0 Å². The Morgan fingerprint density at radius 2 is 1.97 bits per heavy atom. The summed E-state index contributed by atoms with van der Waals surface area (Å²) in [7, 11) is 0. The Balaban J connectivity index is 1.59. The molecular formula is C27H26N2O6S. The quantitative estimate of drug-likeness (QED) is 0.329. The predicted molar refractivity (Wildman–Crippen MR) is 137 cm³/mol. The van der Waals surface area contributed by atoms with Crippen LogP contribution in [0, 0.1) is 6.92 Å². The Morgan fingerprint density at radius 1 is 1.17 bits per heavy atom. The van der Waals surface area contributed by atoms with Gasteiger partial charge in [0.15, 0.2) is 6.79 Å². The van der Waals surface area contributed by atoms with Crippen LogP contribution in [0.3, 0.4) is 0 Å². The molecule has 4 aromatic rings. The number of ether oxygens (including phenoxy) is 4. The molecule has 0 atom stereocenters. The van der Waals surface area contributed by atoms with E-state index in [-0.39, 0.29) is 25.5 Å². The van der Waals surface area contributed by atoms with Crippen molar-refractivity contribution in [2.24, 2.45) is 0 Å². The predicted octanol–water partition coefficient (Wildman–Crippen LogP) is 4.92. The van der Waals surface area contributed by atoms with Crippen molar-refractivity contribution >= 4 is 27.5 Å². The Hall–Kier alpha value is -3.69. The molecule has 186 valence electrons. The Kier molecular flexibility index (Phi) is 6.75. The largest absolute Gasteiger partial charge is 0.494 e.